The van der Waals surface area contributed by atoms with Crippen molar-refractivity contribution in [1.82, 2.24) is 10.0 Å². The van der Waals surface area contributed by atoms with Crippen LogP contribution >= 0.6 is 0 Å². The van der Waals surface area contributed by atoms with Crippen molar-refractivity contribution in [3.8, 4) is 0 Å². The van der Waals surface area contributed by atoms with Gasteiger partial charge in [0.2, 0.25) is 5.91 Å². The van der Waals surface area contributed by atoms with Gasteiger partial charge in [0.25, 0.3) is 0 Å². The van der Waals surface area contributed by atoms with E-state index in [9.17, 15) is 4.79 Å². The van der Waals surface area contributed by atoms with Gasteiger partial charge in [-0.3, -0.25) is 9.80 Å². The summed E-state index contributed by atoms with van der Waals surface area (Å²) in [6.45, 7) is 1.92. The molecule has 2 aliphatic rings. The Morgan fingerprint density at radius 3 is 2.73 bits per heavy atom. The van der Waals surface area contributed by atoms with Crippen LogP contribution in [0.15, 0.2) is 30.3 Å². The van der Waals surface area contributed by atoms with Crippen molar-refractivity contribution in [2.75, 3.05) is 13.1 Å². The van der Waals surface area contributed by atoms with Crippen molar-refractivity contribution in [3.05, 3.63) is 35.9 Å². The number of nitrogens with zero attached hydrogens (tertiary/aromatic N) is 2. The summed E-state index contributed by atoms with van der Waals surface area (Å²) in [5.41, 5.74) is 1.26. The Bertz CT molecular complexity index is 376. The average Bonchev–Trinajstić information content (AvgIpc) is 2.84. The normalized spacial score (nSPS) is 26.0. The largest absolute Gasteiger partial charge is 0.275 e. The molecule has 1 aromatic carbocycles. The van der Waals surface area contributed by atoms with E-state index in [1.165, 1.54) is 5.56 Å². The molecule has 1 unspecified atom stereocenters. The molecule has 2 fully saturated rings. The lowest BCUT2D eigenvalue weighted by atomic mass is 10.0. The molecule has 0 saturated carbocycles. The first-order valence-electron chi connectivity index (χ1n) is 5.48. The zero-order chi connectivity index (χ0) is 10.3. The van der Waals surface area contributed by atoms with Gasteiger partial charge in [0.15, 0.2) is 0 Å². The molecule has 0 aromatic heterocycles. The van der Waals surface area contributed by atoms with Gasteiger partial charge in [0.05, 0.1) is 6.04 Å². The van der Waals surface area contributed by atoms with E-state index >= 15 is 0 Å². The van der Waals surface area contributed by atoms with Crippen LogP contribution in [0.2, 0.25) is 0 Å². The maximum atomic E-state index is 11.7. The number of amides is 1. The van der Waals surface area contributed by atoms with Gasteiger partial charge in [0.1, 0.15) is 0 Å². The summed E-state index contributed by atoms with van der Waals surface area (Å²) in [6.07, 6.45) is 1.75. The molecule has 1 amide bonds. The second-order valence-electron chi connectivity index (χ2n) is 4.16. The van der Waals surface area contributed by atoms with Crippen LogP contribution in [0, 0.1) is 0 Å². The van der Waals surface area contributed by atoms with Crippen LogP contribution in [0.4, 0.5) is 0 Å². The molecule has 2 aliphatic heterocycles. The SMILES string of the molecule is O=C1CC(c2ccccc2)N2CCCN12. The third-order valence-corrected chi connectivity index (χ3v) is 3.27. The van der Waals surface area contributed by atoms with Crippen molar-refractivity contribution in [3.63, 3.8) is 0 Å². The Labute approximate surface area is 89.3 Å². The van der Waals surface area contributed by atoms with E-state index in [1.807, 2.05) is 23.2 Å². The monoisotopic (exact) mass is 202 g/mol. The highest BCUT2D eigenvalue weighted by Gasteiger charge is 2.40. The van der Waals surface area contributed by atoms with Crippen molar-refractivity contribution >= 4 is 5.91 Å². The zero-order valence-electron chi connectivity index (χ0n) is 8.60. The van der Waals surface area contributed by atoms with Crippen LogP contribution in [0.1, 0.15) is 24.4 Å². The smallest absolute Gasteiger partial charge is 0.238 e. The molecule has 3 rings (SSSR count). The fraction of sp³-hybridized carbons (Fsp3) is 0.417. The molecule has 78 valence electrons. The van der Waals surface area contributed by atoms with E-state index in [1.54, 1.807) is 0 Å². The first-order chi connectivity index (χ1) is 7.36. The molecular formula is C12H14N2O. The highest BCUT2D eigenvalue weighted by atomic mass is 16.2. The molecule has 0 N–H and O–H groups in total. The van der Waals surface area contributed by atoms with Gasteiger partial charge >= 0.3 is 0 Å². The summed E-state index contributed by atoms with van der Waals surface area (Å²) in [7, 11) is 0. The topological polar surface area (TPSA) is 23.6 Å². The number of benzene rings is 1. The molecule has 1 atom stereocenters. The first kappa shape index (κ1) is 8.92. The third-order valence-electron chi connectivity index (χ3n) is 3.27. The van der Waals surface area contributed by atoms with Gasteiger partial charge < -0.3 is 0 Å². The fourth-order valence-electron chi connectivity index (χ4n) is 2.56. The summed E-state index contributed by atoms with van der Waals surface area (Å²) in [4.78, 5) is 11.7. The minimum absolute atomic E-state index is 0.279. The van der Waals surface area contributed by atoms with Crippen molar-refractivity contribution in [2.24, 2.45) is 0 Å². The van der Waals surface area contributed by atoms with Gasteiger partial charge in [-0.25, -0.2) is 5.01 Å². The predicted molar refractivity (Wildman–Crippen MR) is 56.8 cm³/mol. The van der Waals surface area contributed by atoms with E-state index in [2.05, 4.69) is 17.1 Å². The van der Waals surface area contributed by atoms with Crippen LogP contribution in [-0.2, 0) is 4.79 Å². The maximum absolute atomic E-state index is 11.7. The molecule has 3 heteroatoms. The van der Waals surface area contributed by atoms with Crippen molar-refractivity contribution < 1.29 is 4.79 Å². The van der Waals surface area contributed by atoms with E-state index in [-0.39, 0.29) is 11.9 Å². The summed E-state index contributed by atoms with van der Waals surface area (Å²) < 4.78 is 0. The van der Waals surface area contributed by atoms with Gasteiger partial charge in [-0.15, -0.1) is 0 Å². The molecule has 0 radical (unpaired) electrons. The zero-order valence-corrected chi connectivity index (χ0v) is 8.60. The number of carbonyl (C=O) groups is 1. The lowest BCUT2D eigenvalue weighted by molar-refractivity contribution is -0.134. The maximum Gasteiger partial charge on any atom is 0.238 e. The fourth-order valence-corrected chi connectivity index (χ4v) is 2.56. The van der Waals surface area contributed by atoms with E-state index in [0.29, 0.717) is 6.42 Å². The van der Waals surface area contributed by atoms with Crippen LogP contribution in [0.3, 0.4) is 0 Å². The van der Waals surface area contributed by atoms with Crippen LogP contribution in [-0.4, -0.2) is 29.0 Å². The highest BCUT2D eigenvalue weighted by Crippen LogP contribution is 2.35. The van der Waals surface area contributed by atoms with Gasteiger partial charge in [-0.05, 0) is 12.0 Å². The number of rotatable bonds is 1. The minimum atomic E-state index is 0.279. The standard InChI is InChI=1S/C12H14N2O/c15-12-9-11(10-5-2-1-3-6-10)13-7-4-8-14(12)13/h1-3,5-6,11H,4,7-9H2. The number of carbonyl (C=O) groups excluding carboxylic acids is 1. The molecule has 0 bridgehead atoms. The Kier molecular flexibility index (Phi) is 1.99. The molecule has 2 saturated heterocycles. The van der Waals surface area contributed by atoms with Crippen molar-refractivity contribution in [1.29, 1.82) is 0 Å². The van der Waals surface area contributed by atoms with E-state index in [0.717, 1.165) is 19.5 Å². The Morgan fingerprint density at radius 1 is 1.13 bits per heavy atom. The molecule has 3 nitrogen and oxygen atoms in total. The average molecular weight is 202 g/mol. The molecule has 2 heterocycles. The highest BCUT2D eigenvalue weighted by molar-refractivity contribution is 5.79. The van der Waals surface area contributed by atoms with Gasteiger partial charge in [-0.2, -0.15) is 0 Å². The summed E-state index contributed by atoms with van der Waals surface area (Å²) in [5, 5.41) is 4.13. The van der Waals surface area contributed by atoms with E-state index in [4.69, 9.17) is 0 Å². The molecule has 0 aliphatic carbocycles. The number of hydrogen-bond donors (Lipinski definition) is 0. The quantitative estimate of drug-likeness (QED) is 0.690. The third kappa shape index (κ3) is 1.35. The summed E-state index contributed by atoms with van der Waals surface area (Å²) in [5.74, 6) is 0.279. The number of fused-ring (bicyclic) bond motifs is 1. The van der Waals surface area contributed by atoms with Crippen molar-refractivity contribution in [2.45, 2.75) is 18.9 Å². The van der Waals surface area contributed by atoms with Crippen LogP contribution in [0.25, 0.3) is 0 Å². The second kappa shape index (κ2) is 3.35. The first-order valence-corrected chi connectivity index (χ1v) is 5.48. The molecule has 0 spiro atoms. The minimum Gasteiger partial charge on any atom is -0.275 e. The predicted octanol–water partition coefficient (Wildman–Crippen LogP) is 1.58. The Hall–Kier alpha value is -1.35. The summed E-state index contributed by atoms with van der Waals surface area (Å²) in [6, 6.07) is 10.6. The number of hydrogen-bond acceptors (Lipinski definition) is 2. The molecule has 1 aromatic rings. The lowest BCUT2D eigenvalue weighted by Gasteiger charge is -2.24. The van der Waals surface area contributed by atoms with Crippen LogP contribution in [0.5, 0.6) is 0 Å². The molecule has 15 heavy (non-hydrogen) atoms. The summed E-state index contributed by atoms with van der Waals surface area (Å²) >= 11 is 0. The number of hydrazine groups is 1. The van der Waals surface area contributed by atoms with Gasteiger partial charge in [0, 0.05) is 19.5 Å². The lowest BCUT2D eigenvalue weighted by Crippen LogP contribution is -2.33. The van der Waals surface area contributed by atoms with Gasteiger partial charge in [-0.1, -0.05) is 30.3 Å². The Morgan fingerprint density at radius 2 is 1.93 bits per heavy atom. The van der Waals surface area contributed by atoms with Crippen LogP contribution < -0.4 is 0 Å². The molecular weight excluding hydrogens is 188 g/mol. The van der Waals surface area contributed by atoms with E-state index < -0.39 is 0 Å². The Balaban J connectivity index is 1.92. The second-order valence-corrected chi connectivity index (χ2v) is 4.16.